The van der Waals surface area contributed by atoms with Gasteiger partial charge in [0.1, 0.15) is 0 Å². The largest absolute Gasteiger partial charge is 0.395 e. The zero-order valence-corrected chi connectivity index (χ0v) is 8.63. The Hall–Kier alpha value is -0.330. The van der Waals surface area contributed by atoms with Crippen molar-refractivity contribution >= 4 is 0 Å². The molecular weight excluding hydrogens is 211 g/mol. The molecule has 0 amide bonds. The van der Waals surface area contributed by atoms with Crippen molar-refractivity contribution in [1.29, 1.82) is 0 Å². The fourth-order valence-electron chi connectivity index (χ4n) is 2.04. The van der Waals surface area contributed by atoms with Crippen LogP contribution in [0.1, 0.15) is 0 Å². The Labute approximate surface area is 86.8 Å². The number of likely N-dealkylation sites (tertiary alicyclic amines) is 1. The number of rotatable bonds is 4. The molecule has 0 saturated carbocycles. The number of aliphatic hydroxyl groups excluding tert-OH is 1. The molecule has 0 bridgehead atoms. The number of hydrogen-bond donors (Lipinski definition) is 1. The molecule has 1 heterocycles. The van der Waals surface area contributed by atoms with Crippen molar-refractivity contribution in [1.82, 2.24) is 4.90 Å². The summed E-state index contributed by atoms with van der Waals surface area (Å²) in [5.74, 6) is -1.84. The number of β-amino-alcohol motifs (C(OH)–C–C–N with tert-alkyl or cyclic N) is 1. The molecule has 2 atom stereocenters. The van der Waals surface area contributed by atoms with Crippen LogP contribution in [0.25, 0.3) is 0 Å². The quantitative estimate of drug-likeness (QED) is 0.768. The van der Waals surface area contributed by atoms with E-state index >= 15 is 0 Å². The van der Waals surface area contributed by atoms with Crippen LogP contribution < -0.4 is 0 Å². The van der Waals surface area contributed by atoms with Gasteiger partial charge >= 0.3 is 6.18 Å². The lowest BCUT2D eigenvalue weighted by molar-refractivity contribution is -0.183. The molecule has 0 aliphatic carbocycles. The van der Waals surface area contributed by atoms with Crippen molar-refractivity contribution in [2.75, 3.05) is 40.0 Å². The number of hydrogen-bond acceptors (Lipinski definition) is 3. The van der Waals surface area contributed by atoms with Crippen molar-refractivity contribution in [3.63, 3.8) is 0 Å². The van der Waals surface area contributed by atoms with Gasteiger partial charge in [-0.05, 0) is 0 Å². The minimum Gasteiger partial charge on any atom is -0.395 e. The second kappa shape index (κ2) is 5.14. The first-order valence-electron chi connectivity index (χ1n) is 4.88. The third kappa shape index (κ3) is 3.32. The predicted molar refractivity (Wildman–Crippen MR) is 48.4 cm³/mol. The third-order valence-electron chi connectivity index (χ3n) is 2.73. The van der Waals surface area contributed by atoms with E-state index in [1.807, 2.05) is 0 Å². The van der Waals surface area contributed by atoms with Crippen LogP contribution in [0.5, 0.6) is 0 Å². The molecule has 1 N–H and O–H groups in total. The van der Waals surface area contributed by atoms with Crippen LogP contribution >= 0.6 is 0 Å². The summed E-state index contributed by atoms with van der Waals surface area (Å²) in [6.07, 6.45) is -4.17. The fraction of sp³-hybridized carbons (Fsp3) is 1.00. The SMILES string of the molecule is COCC1CN(CCO)CC1C(F)(F)F. The smallest absolute Gasteiger partial charge is 0.393 e. The molecule has 3 nitrogen and oxygen atoms in total. The number of alkyl halides is 3. The van der Waals surface area contributed by atoms with E-state index in [0.717, 1.165) is 0 Å². The molecule has 0 aromatic carbocycles. The fourth-order valence-corrected chi connectivity index (χ4v) is 2.04. The lowest BCUT2D eigenvalue weighted by Crippen LogP contribution is -2.32. The number of halogens is 3. The Balaban J connectivity index is 2.59. The van der Waals surface area contributed by atoms with Crippen LogP contribution in [0.15, 0.2) is 0 Å². The average Bonchev–Trinajstić information content (AvgIpc) is 2.49. The van der Waals surface area contributed by atoms with E-state index in [9.17, 15) is 13.2 Å². The Kier molecular flexibility index (Phi) is 4.36. The lowest BCUT2D eigenvalue weighted by atomic mass is 9.96. The minimum atomic E-state index is -4.17. The van der Waals surface area contributed by atoms with E-state index in [1.54, 1.807) is 4.90 Å². The van der Waals surface area contributed by atoms with Gasteiger partial charge in [-0.1, -0.05) is 0 Å². The summed E-state index contributed by atoms with van der Waals surface area (Å²) in [4.78, 5) is 1.63. The van der Waals surface area contributed by atoms with Crippen LogP contribution in [-0.4, -0.2) is 56.1 Å². The van der Waals surface area contributed by atoms with E-state index in [0.29, 0.717) is 13.1 Å². The molecule has 0 aromatic rings. The van der Waals surface area contributed by atoms with Gasteiger partial charge < -0.3 is 14.7 Å². The van der Waals surface area contributed by atoms with E-state index in [1.165, 1.54) is 7.11 Å². The van der Waals surface area contributed by atoms with Gasteiger partial charge in [-0.25, -0.2) is 0 Å². The molecule has 0 spiro atoms. The summed E-state index contributed by atoms with van der Waals surface area (Å²) in [5.41, 5.74) is 0. The van der Waals surface area contributed by atoms with Crippen molar-refractivity contribution < 1.29 is 23.0 Å². The lowest BCUT2D eigenvalue weighted by Gasteiger charge is -2.20. The van der Waals surface area contributed by atoms with Gasteiger partial charge in [0.2, 0.25) is 0 Å². The molecule has 90 valence electrons. The maximum Gasteiger partial charge on any atom is 0.393 e. The van der Waals surface area contributed by atoms with Gasteiger partial charge in [0.15, 0.2) is 0 Å². The Morgan fingerprint density at radius 2 is 2.07 bits per heavy atom. The molecule has 2 unspecified atom stereocenters. The first-order chi connectivity index (χ1) is 6.99. The average molecular weight is 227 g/mol. The highest BCUT2D eigenvalue weighted by molar-refractivity contribution is 4.87. The Morgan fingerprint density at radius 1 is 1.40 bits per heavy atom. The van der Waals surface area contributed by atoms with Gasteiger partial charge in [0.05, 0.1) is 19.1 Å². The Bertz CT molecular complexity index is 198. The van der Waals surface area contributed by atoms with Gasteiger partial charge in [0.25, 0.3) is 0 Å². The number of nitrogens with zero attached hydrogens (tertiary/aromatic N) is 1. The number of methoxy groups -OCH3 is 1. The summed E-state index contributed by atoms with van der Waals surface area (Å²) in [5, 5.41) is 8.68. The highest BCUT2D eigenvalue weighted by Crippen LogP contribution is 2.37. The van der Waals surface area contributed by atoms with Crippen molar-refractivity contribution in [2.45, 2.75) is 6.18 Å². The van der Waals surface area contributed by atoms with E-state index in [4.69, 9.17) is 9.84 Å². The number of aliphatic hydroxyl groups is 1. The van der Waals surface area contributed by atoms with E-state index in [2.05, 4.69) is 0 Å². The molecule has 1 aliphatic heterocycles. The molecular formula is C9H16F3NO2. The highest BCUT2D eigenvalue weighted by Gasteiger charge is 2.49. The third-order valence-corrected chi connectivity index (χ3v) is 2.73. The van der Waals surface area contributed by atoms with Gasteiger partial charge in [0, 0.05) is 32.7 Å². The van der Waals surface area contributed by atoms with Gasteiger partial charge in [-0.2, -0.15) is 13.2 Å². The van der Waals surface area contributed by atoms with E-state index < -0.39 is 18.0 Å². The van der Waals surface area contributed by atoms with Crippen LogP contribution in [0.3, 0.4) is 0 Å². The molecule has 6 heteroatoms. The van der Waals surface area contributed by atoms with Crippen LogP contribution in [0, 0.1) is 11.8 Å². The van der Waals surface area contributed by atoms with Crippen LogP contribution in [-0.2, 0) is 4.74 Å². The van der Waals surface area contributed by atoms with Crippen molar-refractivity contribution in [3.8, 4) is 0 Å². The molecule has 1 aliphatic rings. The second-order valence-corrected chi connectivity index (χ2v) is 3.85. The summed E-state index contributed by atoms with van der Waals surface area (Å²) in [7, 11) is 1.40. The van der Waals surface area contributed by atoms with Crippen LogP contribution in [0.4, 0.5) is 13.2 Å². The normalized spacial score (nSPS) is 28.6. The zero-order valence-electron chi connectivity index (χ0n) is 8.63. The van der Waals surface area contributed by atoms with Crippen molar-refractivity contribution in [2.24, 2.45) is 11.8 Å². The predicted octanol–water partition coefficient (Wildman–Crippen LogP) is 0.735. The molecule has 15 heavy (non-hydrogen) atoms. The summed E-state index contributed by atoms with van der Waals surface area (Å²) < 4.78 is 42.6. The molecule has 1 fully saturated rings. The maximum atomic E-state index is 12.6. The van der Waals surface area contributed by atoms with Crippen molar-refractivity contribution in [3.05, 3.63) is 0 Å². The first kappa shape index (κ1) is 12.7. The molecule has 1 saturated heterocycles. The van der Waals surface area contributed by atoms with Gasteiger partial charge in [-0.15, -0.1) is 0 Å². The minimum absolute atomic E-state index is 0.0297. The molecule has 0 radical (unpaired) electrons. The summed E-state index contributed by atoms with van der Waals surface area (Å²) in [6, 6.07) is 0. The summed E-state index contributed by atoms with van der Waals surface area (Å²) in [6.45, 7) is 0.625. The monoisotopic (exact) mass is 227 g/mol. The van der Waals surface area contributed by atoms with Crippen LogP contribution in [0.2, 0.25) is 0 Å². The van der Waals surface area contributed by atoms with E-state index in [-0.39, 0.29) is 19.8 Å². The highest BCUT2D eigenvalue weighted by atomic mass is 19.4. The number of ether oxygens (including phenoxy) is 1. The Morgan fingerprint density at radius 3 is 2.53 bits per heavy atom. The standard InChI is InChI=1S/C9H16F3NO2/c1-15-6-7-4-13(2-3-14)5-8(7)9(10,11)12/h7-8,14H,2-6H2,1H3. The zero-order chi connectivity index (χ0) is 11.5. The van der Waals surface area contributed by atoms with Gasteiger partial charge in [-0.3, -0.25) is 0 Å². The second-order valence-electron chi connectivity index (χ2n) is 3.85. The maximum absolute atomic E-state index is 12.6. The molecule has 0 aromatic heterocycles. The molecule has 1 rings (SSSR count). The topological polar surface area (TPSA) is 32.7 Å². The summed E-state index contributed by atoms with van der Waals surface area (Å²) >= 11 is 0. The first-order valence-corrected chi connectivity index (χ1v) is 4.88.